The Bertz CT molecular complexity index is 471. The zero-order valence-corrected chi connectivity index (χ0v) is 9.97. The fourth-order valence-corrected chi connectivity index (χ4v) is 1.67. The van der Waals surface area contributed by atoms with Crippen molar-refractivity contribution in [3.05, 3.63) is 71.8 Å². The third kappa shape index (κ3) is 3.22. The summed E-state index contributed by atoms with van der Waals surface area (Å²) in [6.45, 7) is 2.68. The first kappa shape index (κ1) is 11.5. The van der Waals surface area contributed by atoms with Crippen molar-refractivity contribution in [2.45, 2.75) is 6.92 Å². The molecule has 0 aliphatic carbocycles. The molecule has 0 amide bonds. The number of rotatable bonds is 4. The Morgan fingerprint density at radius 2 is 1.53 bits per heavy atom. The first-order chi connectivity index (χ1) is 8.40. The van der Waals surface area contributed by atoms with Crippen LogP contribution in [0.4, 0.5) is 0 Å². The summed E-state index contributed by atoms with van der Waals surface area (Å²) in [5.74, 6) is 0.916. The molecule has 0 fully saturated rings. The van der Waals surface area contributed by atoms with E-state index in [2.05, 4.69) is 30.3 Å². The minimum Gasteiger partial charge on any atom is -0.493 e. The maximum absolute atomic E-state index is 5.69. The van der Waals surface area contributed by atoms with Crippen LogP contribution in [0.2, 0.25) is 0 Å². The van der Waals surface area contributed by atoms with E-state index in [1.54, 1.807) is 0 Å². The zero-order chi connectivity index (χ0) is 11.9. The molecule has 17 heavy (non-hydrogen) atoms. The van der Waals surface area contributed by atoms with E-state index in [-0.39, 0.29) is 0 Å². The highest BCUT2D eigenvalue weighted by molar-refractivity contribution is 5.77. The summed E-state index contributed by atoms with van der Waals surface area (Å²) in [6, 6.07) is 20.4. The van der Waals surface area contributed by atoms with E-state index in [0.29, 0.717) is 6.61 Å². The van der Waals surface area contributed by atoms with Crippen molar-refractivity contribution in [2.24, 2.45) is 0 Å². The molecule has 0 saturated carbocycles. The summed E-state index contributed by atoms with van der Waals surface area (Å²) in [5, 5.41) is 0. The summed E-state index contributed by atoms with van der Waals surface area (Å²) in [6.07, 6.45) is 2.07. The maximum atomic E-state index is 5.69. The Kier molecular flexibility index (Phi) is 3.98. The Morgan fingerprint density at radius 3 is 2.12 bits per heavy atom. The second-order valence-electron chi connectivity index (χ2n) is 3.72. The van der Waals surface area contributed by atoms with E-state index in [0.717, 1.165) is 16.9 Å². The van der Waals surface area contributed by atoms with Crippen LogP contribution in [-0.2, 0) is 4.74 Å². The highest BCUT2D eigenvalue weighted by Crippen LogP contribution is 2.19. The second-order valence-corrected chi connectivity index (χ2v) is 3.72. The molecule has 2 aromatic rings. The molecular weight excluding hydrogens is 208 g/mol. The van der Waals surface area contributed by atoms with Crippen LogP contribution in [0.1, 0.15) is 18.1 Å². The molecule has 0 N–H and O–H groups in total. The van der Waals surface area contributed by atoms with Crippen LogP contribution in [0.15, 0.2) is 60.7 Å². The lowest BCUT2D eigenvalue weighted by Crippen LogP contribution is -1.91. The van der Waals surface area contributed by atoms with Gasteiger partial charge in [0.15, 0.2) is 0 Å². The lowest BCUT2D eigenvalue weighted by molar-refractivity contribution is 0.300. The molecule has 0 aliphatic rings. The number of hydrogen-bond donors (Lipinski definition) is 0. The summed E-state index contributed by atoms with van der Waals surface area (Å²) in [4.78, 5) is 0. The van der Waals surface area contributed by atoms with Gasteiger partial charge in [-0.3, -0.25) is 0 Å². The quantitative estimate of drug-likeness (QED) is 0.558. The van der Waals surface area contributed by atoms with Gasteiger partial charge in [-0.1, -0.05) is 60.7 Å². The lowest BCUT2D eigenvalue weighted by Gasteiger charge is -2.08. The second kappa shape index (κ2) is 5.90. The molecule has 0 atom stereocenters. The van der Waals surface area contributed by atoms with Crippen molar-refractivity contribution in [1.29, 1.82) is 0 Å². The van der Waals surface area contributed by atoms with E-state index in [9.17, 15) is 0 Å². The van der Waals surface area contributed by atoms with E-state index in [1.807, 2.05) is 43.3 Å². The average molecular weight is 224 g/mol. The van der Waals surface area contributed by atoms with Gasteiger partial charge in [-0.15, -0.1) is 0 Å². The van der Waals surface area contributed by atoms with E-state index in [1.165, 1.54) is 0 Å². The van der Waals surface area contributed by atoms with Gasteiger partial charge < -0.3 is 4.74 Å². The smallest absolute Gasteiger partial charge is 0.127 e. The monoisotopic (exact) mass is 224 g/mol. The first-order valence-electron chi connectivity index (χ1n) is 5.85. The zero-order valence-electron chi connectivity index (χ0n) is 9.97. The van der Waals surface area contributed by atoms with Gasteiger partial charge >= 0.3 is 0 Å². The molecular formula is C16H16O. The summed E-state index contributed by atoms with van der Waals surface area (Å²) >= 11 is 0. The fraction of sp³-hybridized carbons (Fsp3) is 0.125. The molecule has 0 heterocycles. The Hall–Kier alpha value is -2.02. The fourth-order valence-electron chi connectivity index (χ4n) is 1.67. The molecule has 2 aromatic carbocycles. The van der Waals surface area contributed by atoms with Crippen LogP contribution in [0, 0.1) is 0 Å². The van der Waals surface area contributed by atoms with Gasteiger partial charge in [0, 0.05) is 5.56 Å². The topological polar surface area (TPSA) is 9.23 Å². The third-order valence-electron chi connectivity index (χ3n) is 2.46. The molecule has 0 radical (unpaired) electrons. The van der Waals surface area contributed by atoms with Gasteiger partial charge in [0.2, 0.25) is 0 Å². The predicted octanol–water partition coefficient (Wildman–Crippen LogP) is 4.22. The molecule has 86 valence electrons. The van der Waals surface area contributed by atoms with Crippen molar-refractivity contribution in [3.8, 4) is 0 Å². The van der Waals surface area contributed by atoms with Crippen molar-refractivity contribution < 1.29 is 4.74 Å². The van der Waals surface area contributed by atoms with Gasteiger partial charge in [0.05, 0.1) is 6.61 Å². The van der Waals surface area contributed by atoms with Gasteiger partial charge in [0.1, 0.15) is 5.76 Å². The maximum Gasteiger partial charge on any atom is 0.127 e. The molecule has 0 unspecified atom stereocenters. The predicted molar refractivity (Wildman–Crippen MR) is 72.4 cm³/mol. The van der Waals surface area contributed by atoms with Gasteiger partial charge in [-0.2, -0.15) is 0 Å². The number of ether oxygens (including phenoxy) is 1. The van der Waals surface area contributed by atoms with E-state index >= 15 is 0 Å². The lowest BCUT2D eigenvalue weighted by atomic mass is 10.1. The van der Waals surface area contributed by atoms with Crippen molar-refractivity contribution in [3.63, 3.8) is 0 Å². The summed E-state index contributed by atoms with van der Waals surface area (Å²) in [5.41, 5.74) is 2.26. The van der Waals surface area contributed by atoms with E-state index in [4.69, 9.17) is 4.74 Å². The summed E-state index contributed by atoms with van der Waals surface area (Å²) in [7, 11) is 0. The molecule has 0 saturated heterocycles. The van der Waals surface area contributed by atoms with Crippen LogP contribution in [-0.4, -0.2) is 6.61 Å². The molecule has 0 spiro atoms. The number of benzene rings is 2. The van der Waals surface area contributed by atoms with Gasteiger partial charge in [0.25, 0.3) is 0 Å². The average Bonchev–Trinajstić information content (AvgIpc) is 2.40. The van der Waals surface area contributed by atoms with Crippen molar-refractivity contribution in [2.75, 3.05) is 6.61 Å². The third-order valence-corrected chi connectivity index (χ3v) is 2.46. The van der Waals surface area contributed by atoms with Crippen LogP contribution < -0.4 is 0 Å². The molecule has 1 heteroatoms. The molecule has 0 aromatic heterocycles. The van der Waals surface area contributed by atoms with Crippen LogP contribution in [0.3, 0.4) is 0 Å². The normalized spacial score (nSPS) is 11.2. The minimum absolute atomic E-state index is 0.674. The molecule has 0 aliphatic heterocycles. The number of hydrogen-bond acceptors (Lipinski definition) is 1. The van der Waals surface area contributed by atoms with Crippen LogP contribution in [0.5, 0.6) is 0 Å². The minimum atomic E-state index is 0.674. The van der Waals surface area contributed by atoms with Crippen LogP contribution >= 0.6 is 0 Å². The standard InChI is InChI=1S/C16H16O/c1-2-17-16(15-11-7-4-8-12-15)13-14-9-5-3-6-10-14/h3-13H,2H2,1H3. The molecule has 2 rings (SSSR count). The first-order valence-corrected chi connectivity index (χ1v) is 5.85. The highest BCUT2D eigenvalue weighted by atomic mass is 16.5. The van der Waals surface area contributed by atoms with Gasteiger partial charge in [-0.25, -0.2) is 0 Å². The van der Waals surface area contributed by atoms with Gasteiger partial charge in [-0.05, 0) is 18.6 Å². The van der Waals surface area contributed by atoms with Crippen molar-refractivity contribution >= 4 is 11.8 Å². The Balaban J connectivity index is 2.33. The summed E-state index contributed by atoms with van der Waals surface area (Å²) < 4.78 is 5.69. The van der Waals surface area contributed by atoms with Crippen LogP contribution in [0.25, 0.3) is 11.8 Å². The highest BCUT2D eigenvalue weighted by Gasteiger charge is 2.01. The van der Waals surface area contributed by atoms with E-state index < -0.39 is 0 Å². The molecule has 1 nitrogen and oxygen atoms in total. The molecule has 0 bridgehead atoms. The largest absolute Gasteiger partial charge is 0.493 e. The SMILES string of the molecule is CCOC(=Cc1ccccc1)c1ccccc1. The Morgan fingerprint density at radius 1 is 0.941 bits per heavy atom. The Labute approximate surface area is 102 Å². The van der Waals surface area contributed by atoms with Crippen molar-refractivity contribution in [1.82, 2.24) is 0 Å².